The Hall–Kier alpha value is -3.96. The Morgan fingerprint density at radius 1 is 0.974 bits per heavy atom. The summed E-state index contributed by atoms with van der Waals surface area (Å²) >= 11 is 0. The molecule has 0 atom stereocenters. The molecule has 4 heterocycles. The summed E-state index contributed by atoms with van der Waals surface area (Å²) in [6, 6.07) is 12.5. The maximum atomic E-state index is 14.7. The van der Waals surface area contributed by atoms with Crippen molar-refractivity contribution in [2.75, 3.05) is 19.5 Å². The summed E-state index contributed by atoms with van der Waals surface area (Å²) in [5.74, 6) is -1.05. The molecule has 1 fully saturated rings. The minimum absolute atomic E-state index is 0.179. The van der Waals surface area contributed by atoms with E-state index in [9.17, 15) is 17.2 Å². The van der Waals surface area contributed by atoms with Crippen LogP contribution in [0.1, 0.15) is 24.4 Å². The number of nitrogens with zero attached hydrogens (tertiary/aromatic N) is 5. The fourth-order valence-corrected chi connectivity index (χ4v) is 5.76. The van der Waals surface area contributed by atoms with Crippen LogP contribution in [0.3, 0.4) is 0 Å². The smallest absolute Gasteiger partial charge is 0.182 e. The molecule has 39 heavy (non-hydrogen) atoms. The Morgan fingerprint density at radius 2 is 1.74 bits per heavy atom. The number of hydrogen-bond donors (Lipinski definition) is 0. The minimum atomic E-state index is -3.36. The molecule has 6 rings (SSSR count). The lowest BCUT2D eigenvalue weighted by Crippen LogP contribution is -2.19. The first-order chi connectivity index (χ1) is 18.7. The zero-order valence-electron chi connectivity index (χ0n) is 21.1. The third-order valence-corrected chi connectivity index (χ3v) is 7.68. The van der Waals surface area contributed by atoms with E-state index in [2.05, 4.69) is 15.2 Å². The fraction of sp³-hybridized carbons (Fsp3) is 0.250. The van der Waals surface area contributed by atoms with Crippen LogP contribution in [-0.4, -0.2) is 52.3 Å². The first kappa shape index (κ1) is 25.3. The predicted molar refractivity (Wildman–Crippen MR) is 143 cm³/mol. The molecule has 0 saturated carbocycles. The van der Waals surface area contributed by atoms with Gasteiger partial charge in [-0.05, 0) is 72.0 Å². The Kier molecular flexibility index (Phi) is 6.48. The zero-order chi connectivity index (χ0) is 27.1. The summed E-state index contributed by atoms with van der Waals surface area (Å²) in [5, 5.41) is 9.18. The Bertz CT molecular complexity index is 1790. The van der Waals surface area contributed by atoms with Gasteiger partial charge in [-0.25, -0.2) is 31.4 Å². The van der Waals surface area contributed by atoms with Gasteiger partial charge in [0.05, 0.1) is 23.5 Å². The van der Waals surface area contributed by atoms with Gasteiger partial charge in [-0.2, -0.15) is 10.2 Å². The molecule has 0 radical (unpaired) electrons. The highest BCUT2D eigenvalue weighted by atomic mass is 32.2. The van der Waals surface area contributed by atoms with Gasteiger partial charge in [0.25, 0.3) is 0 Å². The molecule has 0 spiro atoms. The van der Waals surface area contributed by atoms with Gasteiger partial charge in [-0.1, -0.05) is 0 Å². The van der Waals surface area contributed by atoms with Crippen molar-refractivity contribution in [1.82, 2.24) is 24.4 Å². The van der Waals surface area contributed by atoms with Gasteiger partial charge in [0.15, 0.2) is 15.7 Å². The second-order valence-electron chi connectivity index (χ2n) is 9.81. The van der Waals surface area contributed by atoms with Crippen molar-refractivity contribution in [3.05, 3.63) is 84.4 Å². The molecule has 0 bridgehead atoms. The number of benzene rings is 2. The third kappa shape index (κ3) is 5.32. The van der Waals surface area contributed by atoms with Crippen LogP contribution in [0.15, 0.2) is 67.3 Å². The standard InChI is InChI=1S/C28H25F2N5O3S/c1-39(36,37)16-18-10-20(24-4-3-22(29)13-26(24)30)12-21(11-18)25-14-32-34-15-19(2-5-27(25)34)28-31-17-35(33-28)23-6-8-38-9-7-23/h2-5,10-15,17,23H,6-9,16H2,1H3. The van der Waals surface area contributed by atoms with E-state index in [4.69, 9.17) is 4.74 Å². The van der Waals surface area contributed by atoms with E-state index in [1.807, 2.05) is 23.0 Å². The summed E-state index contributed by atoms with van der Waals surface area (Å²) in [5.41, 5.74) is 4.08. The van der Waals surface area contributed by atoms with Gasteiger partial charge >= 0.3 is 0 Å². The molecule has 2 aromatic carbocycles. The molecular weight excluding hydrogens is 524 g/mol. The summed E-state index contributed by atoms with van der Waals surface area (Å²) < 4.78 is 61.4. The van der Waals surface area contributed by atoms with Crippen LogP contribution in [0.4, 0.5) is 8.78 Å². The normalized spacial score (nSPS) is 14.7. The molecule has 3 aromatic heterocycles. The maximum Gasteiger partial charge on any atom is 0.182 e. The number of rotatable bonds is 6. The lowest BCUT2D eigenvalue weighted by atomic mass is 9.96. The van der Waals surface area contributed by atoms with E-state index >= 15 is 0 Å². The quantitative estimate of drug-likeness (QED) is 0.293. The molecule has 8 nitrogen and oxygen atoms in total. The van der Waals surface area contributed by atoms with Crippen LogP contribution in [0.25, 0.3) is 39.2 Å². The van der Waals surface area contributed by atoms with Gasteiger partial charge in [-0.15, -0.1) is 0 Å². The average molecular weight is 550 g/mol. The first-order valence-corrected chi connectivity index (χ1v) is 14.5. The molecule has 0 unspecified atom stereocenters. The number of ether oxygens (including phenoxy) is 1. The first-order valence-electron chi connectivity index (χ1n) is 12.5. The minimum Gasteiger partial charge on any atom is -0.381 e. The van der Waals surface area contributed by atoms with E-state index in [-0.39, 0.29) is 17.4 Å². The van der Waals surface area contributed by atoms with Gasteiger partial charge in [-0.3, -0.25) is 0 Å². The highest BCUT2D eigenvalue weighted by molar-refractivity contribution is 7.89. The van der Waals surface area contributed by atoms with Crippen LogP contribution < -0.4 is 0 Å². The summed E-state index contributed by atoms with van der Waals surface area (Å²) in [6.45, 7) is 1.42. The van der Waals surface area contributed by atoms with E-state index < -0.39 is 21.5 Å². The third-order valence-electron chi connectivity index (χ3n) is 6.82. The summed E-state index contributed by atoms with van der Waals surface area (Å²) in [7, 11) is -3.36. The second-order valence-corrected chi connectivity index (χ2v) is 12.0. The van der Waals surface area contributed by atoms with Crippen molar-refractivity contribution in [2.24, 2.45) is 0 Å². The van der Waals surface area contributed by atoms with Gasteiger partial charge < -0.3 is 4.74 Å². The average Bonchev–Trinajstić information content (AvgIpc) is 3.55. The van der Waals surface area contributed by atoms with Crippen LogP contribution in [0, 0.1) is 11.6 Å². The van der Waals surface area contributed by atoms with Crippen LogP contribution in [0.2, 0.25) is 0 Å². The van der Waals surface area contributed by atoms with E-state index in [0.717, 1.165) is 41.8 Å². The molecule has 5 aromatic rings. The molecule has 1 aliphatic rings. The Labute approximate surface area is 223 Å². The zero-order valence-corrected chi connectivity index (χ0v) is 21.9. The number of aromatic nitrogens is 5. The molecular formula is C28H25F2N5O3S. The summed E-state index contributed by atoms with van der Waals surface area (Å²) in [6.07, 6.45) is 8.19. The van der Waals surface area contributed by atoms with Crippen molar-refractivity contribution in [2.45, 2.75) is 24.6 Å². The number of hydrogen-bond acceptors (Lipinski definition) is 6. The SMILES string of the molecule is CS(=O)(=O)Cc1cc(-c2ccc(F)cc2F)cc(-c2cnn3cc(-c4ncn(C5CCOCC5)n4)ccc23)c1. The van der Waals surface area contributed by atoms with Crippen molar-refractivity contribution < 1.29 is 21.9 Å². The number of pyridine rings is 1. The second kappa shape index (κ2) is 9.97. The highest BCUT2D eigenvalue weighted by Gasteiger charge is 2.19. The molecule has 1 saturated heterocycles. The molecule has 0 amide bonds. The van der Waals surface area contributed by atoms with Crippen molar-refractivity contribution in [3.8, 4) is 33.6 Å². The molecule has 1 aliphatic heterocycles. The van der Waals surface area contributed by atoms with E-state index in [1.165, 1.54) is 12.1 Å². The maximum absolute atomic E-state index is 14.7. The van der Waals surface area contributed by atoms with Crippen molar-refractivity contribution in [1.29, 1.82) is 0 Å². The van der Waals surface area contributed by atoms with Crippen LogP contribution in [-0.2, 0) is 20.3 Å². The lowest BCUT2D eigenvalue weighted by Gasteiger charge is -2.21. The lowest BCUT2D eigenvalue weighted by molar-refractivity contribution is 0.0662. The highest BCUT2D eigenvalue weighted by Crippen LogP contribution is 2.33. The van der Waals surface area contributed by atoms with Crippen LogP contribution >= 0.6 is 0 Å². The molecule has 200 valence electrons. The summed E-state index contributed by atoms with van der Waals surface area (Å²) in [4.78, 5) is 4.49. The van der Waals surface area contributed by atoms with Gasteiger partial charge in [0.2, 0.25) is 0 Å². The van der Waals surface area contributed by atoms with Crippen molar-refractivity contribution in [3.63, 3.8) is 0 Å². The monoisotopic (exact) mass is 549 g/mol. The van der Waals surface area contributed by atoms with Gasteiger partial charge in [0, 0.05) is 48.4 Å². The van der Waals surface area contributed by atoms with Crippen LogP contribution in [0.5, 0.6) is 0 Å². The van der Waals surface area contributed by atoms with E-state index in [1.54, 1.807) is 35.2 Å². The number of fused-ring (bicyclic) bond motifs is 1. The van der Waals surface area contributed by atoms with E-state index in [0.29, 0.717) is 35.7 Å². The van der Waals surface area contributed by atoms with Crippen molar-refractivity contribution >= 4 is 15.4 Å². The number of sulfone groups is 1. The van der Waals surface area contributed by atoms with Gasteiger partial charge in [0.1, 0.15) is 18.0 Å². The Morgan fingerprint density at radius 3 is 2.49 bits per heavy atom. The fourth-order valence-electron chi connectivity index (χ4n) is 4.98. The topological polar surface area (TPSA) is 91.4 Å². The molecule has 0 aliphatic carbocycles. The largest absolute Gasteiger partial charge is 0.381 e. The molecule has 11 heteroatoms. The molecule has 0 N–H and O–H groups in total. The number of halogens is 2. The Balaban J connectivity index is 1.39. The predicted octanol–water partition coefficient (Wildman–Crippen LogP) is 5.10.